The Bertz CT molecular complexity index is 1140. The summed E-state index contributed by atoms with van der Waals surface area (Å²) in [7, 11) is -3.81. The van der Waals surface area contributed by atoms with E-state index in [1.807, 2.05) is 0 Å². The standard InChI is InChI=1S/C21H20N2O6S/c24-21(23-16-7-8-19-20(13-16)29-11-3-10-28-19)15-4-1-6-18(12-15)30(25,26)22-14-17-5-2-9-27-17/h1-2,4-9,12-13,22H,3,10-11,14H2,(H,23,24). The molecule has 0 radical (unpaired) electrons. The normalized spacial score (nSPS) is 13.5. The zero-order valence-electron chi connectivity index (χ0n) is 16.0. The van der Waals surface area contributed by atoms with Gasteiger partial charge in [-0.15, -0.1) is 0 Å². The van der Waals surface area contributed by atoms with Gasteiger partial charge in [0, 0.05) is 23.7 Å². The lowest BCUT2D eigenvalue weighted by molar-refractivity contribution is 0.102. The molecule has 2 aromatic carbocycles. The van der Waals surface area contributed by atoms with E-state index >= 15 is 0 Å². The van der Waals surface area contributed by atoms with Crippen molar-refractivity contribution >= 4 is 21.6 Å². The zero-order chi connectivity index (χ0) is 21.0. The first-order chi connectivity index (χ1) is 14.5. The van der Waals surface area contributed by atoms with Gasteiger partial charge < -0.3 is 19.2 Å². The largest absolute Gasteiger partial charge is 0.490 e. The van der Waals surface area contributed by atoms with Crippen molar-refractivity contribution in [2.24, 2.45) is 0 Å². The Hall–Kier alpha value is -3.30. The number of carbonyl (C=O) groups is 1. The average Bonchev–Trinajstić information content (AvgIpc) is 3.17. The third kappa shape index (κ3) is 4.64. The Morgan fingerprint density at radius 3 is 2.60 bits per heavy atom. The van der Waals surface area contributed by atoms with Crippen molar-refractivity contribution in [2.75, 3.05) is 18.5 Å². The molecule has 0 saturated carbocycles. The molecule has 9 heteroatoms. The molecule has 0 fully saturated rings. The first-order valence-electron chi connectivity index (χ1n) is 9.34. The second-order valence-electron chi connectivity index (χ2n) is 6.60. The van der Waals surface area contributed by atoms with Crippen LogP contribution in [0.25, 0.3) is 0 Å². The highest BCUT2D eigenvalue weighted by Gasteiger charge is 2.17. The van der Waals surface area contributed by atoms with E-state index in [2.05, 4.69) is 10.0 Å². The number of hydrogen-bond donors (Lipinski definition) is 2. The fourth-order valence-electron chi connectivity index (χ4n) is 2.91. The Morgan fingerprint density at radius 1 is 0.967 bits per heavy atom. The summed E-state index contributed by atoms with van der Waals surface area (Å²) in [5, 5.41) is 2.76. The Morgan fingerprint density at radius 2 is 1.80 bits per heavy atom. The van der Waals surface area contributed by atoms with Crippen molar-refractivity contribution in [2.45, 2.75) is 17.9 Å². The minimum Gasteiger partial charge on any atom is -0.490 e. The van der Waals surface area contributed by atoms with Gasteiger partial charge in [-0.3, -0.25) is 4.79 Å². The highest BCUT2D eigenvalue weighted by molar-refractivity contribution is 7.89. The summed E-state index contributed by atoms with van der Waals surface area (Å²) in [5.41, 5.74) is 0.733. The van der Waals surface area contributed by atoms with Crippen LogP contribution in [0.3, 0.4) is 0 Å². The lowest BCUT2D eigenvalue weighted by Crippen LogP contribution is -2.23. The van der Waals surface area contributed by atoms with E-state index in [0.29, 0.717) is 36.2 Å². The number of carbonyl (C=O) groups excluding carboxylic acids is 1. The quantitative estimate of drug-likeness (QED) is 0.625. The van der Waals surface area contributed by atoms with Gasteiger partial charge in [0.15, 0.2) is 11.5 Å². The summed E-state index contributed by atoms with van der Waals surface area (Å²) < 4.78 is 43.9. The predicted molar refractivity (Wildman–Crippen MR) is 109 cm³/mol. The molecule has 1 aliphatic rings. The topological polar surface area (TPSA) is 107 Å². The van der Waals surface area contributed by atoms with Crippen LogP contribution >= 0.6 is 0 Å². The average molecular weight is 428 g/mol. The van der Waals surface area contributed by atoms with Gasteiger partial charge in [0.1, 0.15) is 5.76 Å². The van der Waals surface area contributed by atoms with Gasteiger partial charge in [0.25, 0.3) is 5.91 Å². The third-order valence-electron chi connectivity index (χ3n) is 4.43. The maximum absolute atomic E-state index is 12.7. The summed E-state index contributed by atoms with van der Waals surface area (Å²) in [6.45, 7) is 1.13. The number of hydrogen-bond acceptors (Lipinski definition) is 6. The maximum atomic E-state index is 12.7. The molecule has 30 heavy (non-hydrogen) atoms. The lowest BCUT2D eigenvalue weighted by atomic mass is 10.2. The van der Waals surface area contributed by atoms with E-state index in [0.717, 1.165) is 6.42 Å². The van der Waals surface area contributed by atoms with Gasteiger partial charge >= 0.3 is 0 Å². The molecule has 0 unspecified atom stereocenters. The fraction of sp³-hybridized carbons (Fsp3) is 0.190. The Balaban J connectivity index is 1.48. The van der Waals surface area contributed by atoms with Crippen LogP contribution in [0.15, 0.2) is 70.2 Å². The van der Waals surface area contributed by atoms with Crippen molar-refractivity contribution in [1.82, 2.24) is 4.72 Å². The van der Waals surface area contributed by atoms with Crippen LogP contribution in [0.4, 0.5) is 5.69 Å². The van der Waals surface area contributed by atoms with Crippen molar-refractivity contribution < 1.29 is 27.1 Å². The number of anilines is 1. The van der Waals surface area contributed by atoms with Crippen LogP contribution in [0.2, 0.25) is 0 Å². The summed E-state index contributed by atoms with van der Waals surface area (Å²) in [6, 6.07) is 14.3. The van der Waals surface area contributed by atoms with E-state index in [4.69, 9.17) is 13.9 Å². The number of furan rings is 1. The van der Waals surface area contributed by atoms with Gasteiger partial charge in [0.05, 0.1) is 30.9 Å². The zero-order valence-corrected chi connectivity index (χ0v) is 16.8. The highest BCUT2D eigenvalue weighted by atomic mass is 32.2. The highest BCUT2D eigenvalue weighted by Crippen LogP contribution is 2.32. The molecule has 156 valence electrons. The molecule has 1 aromatic heterocycles. The van der Waals surface area contributed by atoms with Crippen molar-refractivity contribution in [3.8, 4) is 11.5 Å². The van der Waals surface area contributed by atoms with Crippen molar-refractivity contribution in [3.05, 3.63) is 72.2 Å². The van der Waals surface area contributed by atoms with Gasteiger partial charge in [-0.1, -0.05) is 6.07 Å². The van der Waals surface area contributed by atoms with E-state index in [1.54, 1.807) is 36.4 Å². The summed E-state index contributed by atoms with van der Waals surface area (Å²) in [4.78, 5) is 12.6. The molecule has 0 saturated heterocycles. The third-order valence-corrected chi connectivity index (χ3v) is 5.83. The first kappa shape index (κ1) is 20.0. The van der Waals surface area contributed by atoms with Crippen LogP contribution in [-0.2, 0) is 16.6 Å². The van der Waals surface area contributed by atoms with Crippen LogP contribution in [0.5, 0.6) is 11.5 Å². The molecule has 2 heterocycles. The van der Waals surface area contributed by atoms with Gasteiger partial charge in [-0.2, -0.15) is 0 Å². The second-order valence-corrected chi connectivity index (χ2v) is 8.36. The predicted octanol–water partition coefficient (Wildman–Crippen LogP) is 3.17. The van der Waals surface area contributed by atoms with Crippen LogP contribution in [0, 0.1) is 0 Å². The van der Waals surface area contributed by atoms with E-state index in [1.165, 1.54) is 24.5 Å². The molecule has 0 spiro atoms. The van der Waals surface area contributed by atoms with Gasteiger partial charge in [-0.25, -0.2) is 13.1 Å². The van der Waals surface area contributed by atoms with E-state index < -0.39 is 15.9 Å². The first-order valence-corrected chi connectivity index (χ1v) is 10.8. The maximum Gasteiger partial charge on any atom is 0.255 e. The SMILES string of the molecule is O=C(Nc1ccc2c(c1)OCCCO2)c1cccc(S(=O)(=O)NCc2ccco2)c1. The van der Waals surface area contributed by atoms with Crippen molar-refractivity contribution in [1.29, 1.82) is 0 Å². The number of nitrogens with one attached hydrogen (secondary N) is 2. The van der Waals surface area contributed by atoms with E-state index in [9.17, 15) is 13.2 Å². The number of amides is 1. The lowest BCUT2D eigenvalue weighted by Gasteiger charge is -2.11. The summed E-state index contributed by atoms with van der Waals surface area (Å²) >= 11 is 0. The van der Waals surface area contributed by atoms with E-state index in [-0.39, 0.29) is 17.0 Å². The molecule has 3 aromatic rings. The summed E-state index contributed by atoms with van der Waals surface area (Å²) in [6.07, 6.45) is 2.25. The molecule has 2 N–H and O–H groups in total. The van der Waals surface area contributed by atoms with Crippen LogP contribution in [-0.4, -0.2) is 27.5 Å². The van der Waals surface area contributed by atoms with Crippen LogP contribution < -0.4 is 19.5 Å². The molecule has 0 bridgehead atoms. The molecular weight excluding hydrogens is 408 g/mol. The number of benzene rings is 2. The minimum atomic E-state index is -3.81. The minimum absolute atomic E-state index is 0.0135. The monoisotopic (exact) mass is 428 g/mol. The molecule has 4 rings (SSSR count). The second kappa shape index (κ2) is 8.60. The molecule has 1 amide bonds. The summed E-state index contributed by atoms with van der Waals surface area (Å²) in [5.74, 6) is 1.24. The number of ether oxygens (including phenoxy) is 2. The van der Waals surface area contributed by atoms with Gasteiger partial charge in [0.2, 0.25) is 10.0 Å². The molecule has 8 nitrogen and oxygen atoms in total. The number of fused-ring (bicyclic) bond motifs is 1. The Kier molecular flexibility index (Phi) is 5.73. The Labute approximate surface area is 173 Å². The van der Waals surface area contributed by atoms with Crippen LogP contribution in [0.1, 0.15) is 22.5 Å². The smallest absolute Gasteiger partial charge is 0.255 e. The van der Waals surface area contributed by atoms with Crippen molar-refractivity contribution in [3.63, 3.8) is 0 Å². The molecular formula is C21H20N2O6S. The molecule has 0 atom stereocenters. The number of sulfonamides is 1. The fourth-order valence-corrected chi connectivity index (χ4v) is 3.95. The molecule has 0 aliphatic carbocycles. The number of rotatable bonds is 6. The van der Waals surface area contributed by atoms with Gasteiger partial charge in [-0.05, 0) is 42.5 Å². The molecule has 1 aliphatic heterocycles.